The number of benzene rings is 1. The van der Waals surface area contributed by atoms with E-state index in [0.717, 1.165) is 24.2 Å². The first-order chi connectivity index (χ1) is 8.66. The summed E-state index contributed by atoms with van der Waals surface area (Å²) in [6, 6.07) is 6.05. The number of rotatable bonds is 2. The Balaban J connectivity index is 1.77. The third kappa shape index (κ3) is 1.98. The summed E-state index contributed by atoms with van der Waals surface area (Å²) in [5.41, 5.74) is 9.29. The van der Waals surface area contributed by atoms with Crippen LogP contribution in [0.4, 0.5) is 5.69 Å². The molecule has 1 heterocycles. The quantitative estimate of drug-likeness (QED) is 0.811. The number of hydrogen-bond acceptors (Lipinski definition) is 2. The molecule has 1 atom stereocenters. The molecule has 1 amide bonds. The molecule has 18 heavy (non-hydrogen) atoms. The Kier molecular flexibility index (Phi) is 2.77. The highest BCUT2D eigenvalue weighted by molar-refractivity contribution is 5.79. The fourth-order valence-electron chi connectivity index (χ4n) is 2.88. The fraction of sp³-hybridized carbons (Fsp3) is 0.533. The highest BCUT2D eigenvalue weighted by Crippen LogP contribution is 2.38. The topological polar surface area (TPSA) is 46.3 Å². The average molecular weight is 244 g/mol. The van der Waals surface area contributed by atoms with E-state index in [1.54, 1.807) is 0 Å². The number of carbonyl (C=O) groups excluding carboxylic acids is 1. The van der Waals surface area contributed by atoms with E-state index in [1.165, 1.54) is 18.4 Å². The van der Waals surface area contributed by atoms with Crippen LogP contribution >= 0.6 is 0 Å². The van der Waals surface area contributed by atoms with E-state index < -0.39 is 0 Å². The second-order valence-corrected chi connectivity index (χ2v) is 5.62. The lowest BCUT2D eigenvalue weighted by atomic mass is 9.96. The van der Waals surface area contributed by atoms with Gasteiger partial charge in [0, 0.05) is 24.7 Å². The van der Waals surface area contributed by atoms with Crippen molar-refractivity contribution in [3.63, 3.8) is 0 Å². The van der Waals surface area contributed by atoms with Gasteiger partial charge in [-0.3, -0.25) is 4.79 Å². The minimum Gasteiger partial charge on any atom is -0.398 e. The molecule has 1 aliphatic heterocycles. The third-order valence-corrected chi connectivity index (χ3v) is 4.34. The van der Waals surface area contributed by atoms with E-state index in [4.69, 9.17) is 5.73 Å². The fourth-order valence-corrected chi connectivity index (χ4v) is 2.88. The number of nitrogens with two attached hydrogens (primary N) is 1. The number of nitrogen functional groups attached to an aromatic ring is 1. The van der Waals surface area contributed by atoms with Gasteiger partial charge in [0.1, 0.15) is 0 Å². The van der Waals surface area contributed by atoms with Gasteiger partial charge in [0.2, 0.25) is 5.91 Å². The Morgan fingerprint density at radius 1 is 1.44 bits per heavy atom. The molecule has 1 aliphatic carbocycles. The highest BCUT2D eigenvalue weighted by atomic mass is 16.2. The number of anilines is 1. The van der Waals surface area contributed by atoms with Crippen LogP contribution in [0.25, 0.3) is 0 Å². The molecule has 96 valence electrons. The van der Waals surface area contributed by atoms with Crippen molar-refractivity contribution >= 4 is 11.6 Å². The van der Waals surface area contributed by atoms with Gasteiger partial charge in [0.25, 0.3) is 0 Å². The van der Waals surface area contributed by atoms with E-state index in [9.17, 15) is 4.79 Å². The maximum absolute atomic E-state index is 12.4. The molecule has 3 nitrogen and oxygen atoms in total. The monoisotopic (exact) mass is 244 g/mol. The van der Waals surface area contributed by atoms with Crippen molar-refractivity contribution in [1.82, 2.24) is 4.90 Å². The normalized spacial score (nSPS) is 20.4. The first-order valence-electron chi connectivity index (χ1n) is 6.82. The minimum atomic E-state index is 0.191. The van der Waals surface area contributed by atoms with Crippen molar-refractivity contribution in [1.29, 1.82) is 0 Å². The number of nitrogens with zero attached hydrogens (tertiary/aromatic N) is 1. The van der Waals surface area contributed by atoms with Crippen LogP contribution in [-0.4, -0.2) is 17.4 Å². The molecule has 3 heteroatoms. The number of carbonyl (C=O) groups is 1. The Morgan fingerprint density at radius 3 is 2.94 bits per heavy atom. The zero-order valence-electron chi connectivity index (χ0n) is 10.9. The molecule has 0 spiro atoms. The van der Waals surface area contributed by atoms with Crippen molar-refractivity contribution in [3.8, 4) is 0 Å². The summed E-state index contributed by atoms with van der Waals surface area (Å²) in [6.45, 7) is 3.61. The Labute approximate surface area is 108 Å². The summed E-state index contributed by atoms with van der Waals surface area (Å²) in [6.07, 6.45) is 3.38. The molecular weight excluding hydrogens is 224 g/mol. The van der Waals surface area contributed by atoms with Gasteiger partial charge in [0.05, 0.1) is 0 Å². The lowest BCUT2D eigenvalue weighted by Gasteiger charge is -2.31. The minimum absolute atomic E-state index is 0.191. The van der Waals surface area contributed by atoms with E-state index in [-0.39, 0.29) is 5.92 Å². The van der Waals surface area contributed by atoms with Gasteiger partial charge in [-0.15, -0.1) is 0 Å². The molecule has 1 aromatic rings. The van der Waals surface area contributed by atoms with Crippen LogP contribution in [-0.2, 0) is 17.8 Å². The Bertz CT molecular complexity index is 479. The van der Waals surface area contributed by atoms with Gasteiger partial charge in [-0.2, -0.15) is 0 Å². The van der Waals surface area contributed by atoms with Crippen LogP contribution in [0.1, 0.15) is 30.9 Å². The maximum atomic E-state index is 12.4. The molecule has 0 radical (unpaired) electrons. The van der Waals surface area contributed by atoms with Gasteiger partial charge in [-0.05, 0) is 42.4 Å². The molecule has 2 aliphatic rings. The Hall–Kier alpha value is -1.51. The molecular formula is C15H20N2O. The largest absolute Gasteiger partial charge is 0.398 e. The van der Waals surface area contributed by atoms with Gasteiger partial charge in [0.15, 0.2) is 0 Å². The van der Waals surface area contributed by atoms with Gasteiger partial charge in [-0.25, -0.2) is 0 Å². The van der Waals surface area contributed by atoms with E-state index >= 15 is 0 Å². The van der Waals surface area contributed by atoms with Crippen LogP contribution in [0.5, 0.6) is 0 Å². The molecule has 0 aromatic heterocycles. The Morgan fingerprint density at radius 2 is 2.22 bits per heavy atom. The van der Waals surface area contributed by atoms with Crippen molar-refractivity contribution < 1.29 is 4.79 Å². The second-order valence-electron chi connectivity index (χ2n) is 5.62. The summed E-state index contributed by atoms with van der Waals surface area (Å²) < 4.78 is 0. The van der Waals surface area contributed by atoms with Crippen molar-refractivity contribution in [2.75, 3.05) is 12.3 Å². The molecule has 1 aromatic carbocycles. The van der Waals surface area contributed by atoms with Gasteiger partial charge in [-0.1, -0.05) is 19.1 Å². The van der Waals surface area contributed by atoms with Crippen molar-refractivity contribution in [2.45, 2.75) is 32.7 Å². The third-order valence-electron chi connectivity index (χ3n) is 4.34. The molecule has 1 fully saturated rings. The summed E-state index contributed by atoms with van der Waals surface area (Å²) in [5.74, 6) is 1.13. The summed E-state index contributed by atoms with van der Waals surface area (Å²) in [7, 11) is 0. The SMILES string of the molecule is CC(C(=O)N1CCc2cccc(N)c2C1)C1CC1. The zero-order valence-corrected chi connectivity index (χ0v) is 10.9. The van der Waals surface area contributed by atoms with Gasteiger partial charge < -0.3 is 10.6 Å². The van der Waals surface area contributed by atoms with Crippen molar-refractivity contribution in [3.05, 3.63) is 29.3 Å². The standard InChI is InChI=1S/C15H20N2O/c1-10(11-5-6-11)15(18)17-8-7-12-3-2-4-14(16)13(12)9-17/h2-4,10-11H,5-9,16H2,1H3. The average Bonchev–Trinajstić information content (AvgIpc) is 3.21. The molecule has 1 unspecified atom stereocenters. The highest BCUT2D eigenvalue weighted by Gasteiger charge is 2.35. The maximum Gasteiger partial charge on any atom is 0.225 e. The lowest BCUT2D eigenvalue weighted by Crippen LogP contribution is -2.39. The first kappa shape index (κ1) is 11.6. The molecule has 1 saturated carbocycles. The summed E-state index contributed by atoms with van der Waals surface area (Å²) in [4.78, 5) is 14.4. The molecule has 0 saturated heterocycles. The molecule has 2 N–H and O–H groups in total. The van der Waals surface area contributed by atoms with E-state index in [1.807, 2.05) is 17.0 Å². The van der Waals surface area contributed by atoms with Crippen LogP contribution in [0.2, 0.25) is 0 Å². The summed E-state index contributed by atoms with van der Waals surface area (Å²) in [5, 5.41) is 0. The van der Waals surface area contributed by atoms with Crippen molar-refractivity contribution in [2.24, 2.45) is 11.8 Å². The van der Waals surface area contributed by atoms with Crippen LogP contribution < -0.4 is 5.73 Å². The predicted molar refractivity (Wildman–Crippen MR) is 71.9 cm³/mol. The second kappa shape index (κ2) is 4.30. The molecule has 0 bridgehead atoms. The first-order valence-corrected chi connectivity index (χ1v) is 6.82. The zero-order chi connectivity index (χ0) is 12.7. The lowest BCUT2D eigenvalue weighted by molar-refractivity contribution is -0.136. The van der Waals surface area contributed by atoms with Crippen LogP contribution in [0, 0.1) is 11.8 Å². The van der Waals surface area contributed by atoms with Gasteiger partial charge >= 0.3 is 0 Å². The van der Waals surface area contributed by atoms with Crippen LogP contribution in [0.3, 0.4) is 0 Å². The number of amides is 1. The van der Waals surface area contributed by atoms with Crippen LogP contribution in [0.15, 0.2) is 18.2 Å². The number of hydrogen-bond donors (Lipinski definition) is 1. The predicted octanol–water partition coefficient (Wildman–Crippen LogP) is 2.20. The summed E-state index contributed by atoms with van der Waals surface area (Å²) >= 11 is 0. The van der Waals surface area contributed by atoms with E-state index in [2.05, 4.69) is 13.0 Å². The smallest absolute Gasteiger partial charge is 0.225 e. The van der Waals surface area contributed by atoms with E-state index in [0.29, 0.717) is 18.4 Å². The molecule has 3 rings (SSSR count). The number of fused-ring (bicyclic) bond motifs is 1.